The summed E-state index contributed by atoms with van der Waals surface area (Å²) in [6, 6.07) is 12.3. The first kappa shape index (κ1) is 22.5. The maximum absolute atomic E-state index is 12.6. The molecular weight excluding hydrogens is 438 g/mol. The fraction of sp³-hybridized carbons (Fsp3) is 0.143. The van der Waals surface area contributed by atoms with Gasteiger partial charge in [-0.15, -0.1) is 0 Å². The third-order valence-corrected chi connectivity index (χ3v) is 4.82. The monoisotopic (exact) mass is 453 g/mol. The van der Waals surface area contributed by atoms with Crippen molar-refractivity contribution in [3.05, 3.63) is 68.7 Å². The fourth-order valence-electron chi connectivity index (χ4n) is 2.92. The number of nitrogens with zero attached hydrogens (tertiary/aromatic N) is 4. The molecular formula is C21H16ClN5O5. The number of hydrogen-bond donors (Lipinski definition) is 1. The second-order valence-electron chi connectivity index (χ2n) is 6.53. The Morgan fingerprint density at radius 1 is 1.19 bits per heavy atom. The Labute approximate surface area is 187 Å². The molecule has 0 spiro atoms. The standard InChI is InChI=1S/C21H16ClN5O5/c1-3-26-20(28)16(11-23)12(2)19(21(26)29)25-24-17-9-8-15(10-18(17)27(30)31)32-14-6-4-13(22)5-7-14/h4-10,24H,3H2,1-2H3/b25-19-. The summed E-state index contributed by atoms with van der Waals surface area (Å²) < 4.78 is 5.61. The van der Waals surface area contributed by atoms with Crippen molar-refractivity contribution in [2.75, 3.05) is 12.0 Å². The Bertz CT molecular complexity index is 1210. The van der Waals surface area contributed by atoms with E-state index in [0.29, 0.717) is 10.8 Å². The van der Waals surface area contributed by atoms with E-state index in [9.17, 15) is 25.0 Å². The van der Waals surface area contributed by atoms with Crippen LogP contribution in [0.3, 0.4) is 0 Å². The van der Waals surface area contributed by atoms with Gasteiger partial charge in [0.25, 0.3) is 17.5 Å². The van der Waals surface area contributed by atoms with Crippen LogP contribution in [-0.2, 0) is 9.59 Å². The van der Waals surface area contributed by atoms with Crippen LogP contribution >= 0.6 is 11.6 Å². The van der Waals surface area contributed by atoms with E-state index in [0.717, 1.165) is 4.90 Å². The lowest BCUT2D eigenvalue weighted by Crippen LogP contribution is -2.46. The molecule has 0 aliphatic carbocycles. The number of likely N-dealkylation sites (N-methyl/N-ethyl adjacent to an activating group) is 1. The average Bonchev–Trinajstić information content (AvgIpc) is 2.76. The first-order valence-corrected chi connectivity index (χ1v) is 9.67. The molecule has 0 saturated carbocycles. The van der Waals surface area contributed by atoms with Crippen molar-refractivity contribution in [3.63, 3.8) is 0 Å². The van der Waals surface area contributed by atoms with Crippen molar-refractivity contribution >= 4 is 40.5 Å². The van der Waals surface area contributed by atoms with Crippen LogP contribution in [0.15, 0.2) is 58.7 Å². The van der Waals surface area contributed by atoms with E-state index < -0.39 is 16.7 Å². The van der Waals surface area contributed by atoms with Crippen molar-refractivity contribution in [3.8, 4) is 17.6 Å². The van der Waals surface area contributed by atoms with Gasteiger partial charge in [0.15, 0.2) is 5.71 Å². The van der Waals surface area contributed by atoms with E-state index in [1.807, 2.05) is 0 Å². The summed E-state index contributed by atoms with van der Waals surface area (Å²) in [6.07, 6.45) is 0. The minimum atomic E-state index is -0.703. The van der Waals surface area contributed by atoms with Crippen LogP contribution in [0.4, 0.5) is 11.4 Å². The second kappa shape index (κ2) is 9.28. The second-order valence-corrected chi connectivity index (χ2v) is 6.97. The van der Waals surface area contributed by atoms with Crippen molar-refractivity contribution in [1.29, 1.82) is 5.26 Å². The van der Waals surface area contributed by atoms with Crippen LogP contribution < -0.4 is 10.2 Å². The van der Waals surface area contributed by atoms with Gasteiger partial charge < -0.3 is 4.74 Å². The highest BCUT2D eigenvalue weighted by Gasteiger charge is 2.36. The molecule has 2 aromatic carbocycles. The predicted octanol–water partition coefficient (Wildman–Crippen LogP) is 4.04. The summed E-state index contributed by atoms with van der Waals surface area (Å²) in [5.41, 5.74) is 1.83. The number of nitriles is 1. The van der Waals surface area contributed by atoms with Crippen LogP contribution in [-0.4, -0.2) is 33.9 Å². The number of nitro benzene ring substituents is 1. The number of ether oxygens (including phenoxy) is 1. The van der Waals surface area contributed by atoms with E-state index >= 15 is 0 Å². The Morgan fingerprint density at radius 3 is 2.44 bits per heavy atom. The highest BCUT2D eigenvalue weighted by atomic mass is 35.5. The zero-order valence-electron chi connectivity index (χ0n) is 17.0. The van der Waals surface area contributed by atoms with Crippen LogP contribution in [0.5, 0.6) is 11.5 Å². The molecule has 0 aromatic heterocycles. The molecule has 1 N–H and O–H groups in total. The number of halogens is 1. The van der Waals surface area contributed by atoms with E-state index in [-0.39, 0.29) is 40.5 Å². The van der Waals surface area contributed by atoms with Crippen LogP contribution in [0.2, 0.25) is 5.02 Å². The summed E-state index contributed by atoms with van der Waals surface area (Å²) >= 11 is 5.83. The van der Waals surface area contributed by atoms with Gasteiger partial charge in [-0.05, 0) is 50.2 Å². The van der Waals surface area contributed by atoms with Gasteiger partial charge in [0.1, 0.15) is 28.8 Å². The smallest absolute Gasteiger partial charge is 0.297 e. The number of nitro groups is 1. The molecule has 1 aliphatic rings. The molecule has 0 saturated heterocycles. The predicted molar refractivity (Wildman–Crippen MR) is 116 cm³/mol. The molecule has 10 nitrogen and oxygen atoms in total. The maximum Gasteiger partial charge on any atom is 0.297 e. The molecule has 162 valence electrons. The highest BCUT2D eigenvalue weighted by Crippen LogP contribution is 2.32. The molecule has 0 bridgehead atoms. The van der Waals surface area contributed by atoms with Crippen molar-refractivity contribution in [1.82, 2.24) is 4.90 Å². The van der Waals surface area contributed by atoms with Crippen molar-refractivity contribution in [2.24, 2.45) is 5.10 Å². The lowest BCUT2D eigenvalue weighted by Gasteiger charge is -2.25. The van der Waals surface area contributed by atoms with Crippen LogP contribution in [0.25, 0.3) is 0 Å². The number of carbonyl (C=O) groups excluding carboxylic acids is 2. The Kier molecular flexibility index (Phi) is 6.51. The third-order valence-electron chi connectivity index (χ3n) is 4.57. The lowest BCUT2D eigenvalue weighted by atomic mass is 9.99. The molecule has 3 rings (SSSR count). The Morgan fingerprint density at radius 2 is 1.84 bits per heavy atom. The summed E-state index contributed by atoms with van der Waals surface area (Å²) in [5, 5.41) is 25.3. The summed E-state index contributed by atoms with van der Waals surface area (Å²) in [5.74, 6) is -0.763. The van der Waals surface area contributed by atoms with Gasteiger partial charge in [-0.2, -0.15) is 10.4 Å². The topological polar surface area (TPSA) is 138 Å². The van der Waals surface area contributed by atoms with Gasteiger partial charge in [-0.1, -0.05) is 11.6 Å². The van der Waals surface area contributed by atoms with Gasteiger partial charge in [-0.3, -0.25) is 30.0 Å². The molecule has 1 heterocycles. The molecule has 0 radical (unpaired) electrons. The molecule has 2 aromatic rings. The number of rotatable bonds is 6. The van der Waals surface area contributed by atoms with E-state index in [4.69, 9.17) is 16.3 Å². The lowest BCUT2D eigenvalue weighted by molar-refractivity contribution is -0.384. The van der Waals surface area contributed by atoms with Crippen LogP contribution in [0, 0.1) is 21.4 Å². The zero-order valence-corrected chi connectivity index (χ0v) is 17.7. The van der Waals surface area contributed by atoms with Gasteiger partial charge in [0, 0.05) is 17.1 Å². The first-order chi connectivity index (χ1) is 15.3. The van der Waals surface area contributed by atoms with E-state index in [1.54, 1.807) is 37.3 Å². The maximum atomic E-state index is 12.6. The molecule has 32 heavy (non-hydrogen) atoms. The molecule has 0 atom stereocenters. The average molecular weight is 454 g/mol. The van der Waals surface area contributed by atoms with Crippen LogP contribution in [0.1, 0.15) is 13.8 Å². The molecule has 1 aliphatic heterocycles. The van der Waals surface area contributed by atoms with Gasteiger partial charge in [0.05, 0.1) is 11.0 Å². The highest BCUT2D eigenvalue weighted by molar-refractivity contribution is 6.50. The normalized spacial score (nSPS) is 15.1. The Hall–Kier alpha value is -4.23. The molecule has 0 unspecified atom stereocenters. The number of anilines is 1. The number of hydrogen-bond acceptors (Lipinski definition) is 8. The van der Waals surface area contributed by atoms with Crippen molar-refractivity contribution in [2.45, 2.75) is 13.8 Å². The number of benzene rings is 2. The van der Waals surface area contributed by atoms with E-state index in [1.165, 1.54) is 25.1 Å². The molecule has 11 heteroatoms. The van der Waals surface area contributed by atoms with Gasteiger partial charge in [-0.25, -0.2) is 0 Å². The van der Waals surface area contributed by atoms with Gasteiger partial charge >= 0.3 is 0 Å². The third kappa shape index (κ3) is 4.43. The number of imide groups is 1. The van der Waals surface area contributed by atoms with E-state index in [2.05, 4.69) is 10.5 Å². The number of carbonyl (C=O) groups is 2. The number of amides is 2. The minimum absolute atomic E-state index is 0.00925. The molecule has 2 amide bonds. The first-order valence-electron chi connectivity index (χ1n) is 9.30. The van der Waals surface area contributed by atoms with Gasteiger partial charge in [0.2, 0.25) is 0 Å². The molecule has 0 fully saturated rings. The fourth-order valence-corrected chi connectivity index (χ4v) is 3.05. The summed E-state index contributed by atoms with van der Waals surface area (Å²) in [4.78, 5) is 36.6. The number of nitrogens with one attached hydrogen (secondary N) is 1. The Balaban J connectivity index is 1.93. The zero-order chi connectivity index (χ0) is 23.4. The SMILES string of the molecule is CCN1C(=O)C(C#N)=C(C)/C(=N/Nc2ccc(Oc3ccc(Cl)cc3)cc2[N+](=O)[O-])C1=O. The quantitative estimate of drug-likeness (QED) is 0.395. The minimum Gasteiger partial charge on any atom is -0.457 e. The summed E-state index contributed by atoms with van der Waals surface area (Å²) in [7, 11) is 0. The summed E-state index contributed by atoms with van der Waals surface area (Å²) in [6.45, 7) is 3.05. The number of hydrazone groups is 1. The largest absolute Gasteiger partial charge is 0.457 e. The van der Waals surface area contributed by atoms with Crippen molar-refractivity contribution < 1.29 is 19.2 Å².